The van der Waals surface area contributed by atoms with Gasteiger partial charge in [0.2, 0.25) is 0 Å². The van der Waals surface area contributed by atoms with Gasteiger partial charge in [0, 0.05) is 13.0 Å². The Morgan fingerprint density at radius 3 is 2.89 bits per heavy atom. The van der Waals surface area contributed by atoms with Crippen LogP contribution in [0.25, 0.3) is 11.0 Å². The number of nitrogens with two attached hydrogens (primary N) is 1. The number of imidazole rings is 1. The maximum atomic E-state index is 13.3. The van der Waals surface area contributed by atoms with E-state index in [0.717, 1.165) is 36.2 Å². The molecule has 0 amide bonds. The van der Waals surface area contributed by atoms with Gasteiger partial charge in [-0.05, 0) is 44.0 Å². The summed E-state index contributed by atoms with van der Waals surface area (Å²) in [5.41, 5.74) is 7.38. The zero-order valence-electron chi connectivity index (χ0n) is 11.0. The molecule has 1 atom stereocenters. The Kier molecular flexibility index (Phi) is 3.97. The van der Waals surface area contributed by atoms with Crippen LogP contribution in [0.3, 0.4) is 0 Å². The minimum atomic E-state index is -0.209. The van der Waals surface area contributed by atoms with Gasteiger partial charge in [-0.1, -0.05) is 6.92 Å². The Labute approximate surface area is 107 Å². The first kappa shape index (κ1) is 13.0. The second-order valence-corrected chi connectivity index (χ2v) is 4.78. The van der Waals surface area contributed by atoms with Crippen LogP contribution in [0.1, 0.15) is 26.1 Å². The lowest BCUT2D eigenvalue weighted by molar-refractivity contribution is 0.527. The van der Waals surface area contributed by atoms with Crippen molar-refractivity contribution in [2.45, 2.75) is 33.2 Å². The van der Waals surface area contributed by atoms with Crippen LogP contribution in [0.4, 0.5) is 4.39 Å². The second-order valence-electron chi connectivity index (χ2n) is 4.78. The van der Waals surface area contributed by atoms with Crippen LogP contribution in [-0.2, 0) is 13.0 Å². The fraction of sp³-hybridized carbons (Fsp3) is 0.500. The van der Waals surface area contributed by atoms with Crippen LogP contribution in [0.5, 0.6) is 0 Å². The average Bonchev–Trinajstić information content (AvgIpc) is 2.72. The van der Waals surface area contributed by atoms with Gasteiger partial charge in [-0.15, -0.1) is 0 Å². The molecular formula is C14H20FN3. The van der Waals surface area contributed by atoms with Crippen molar-refractivity contribution in [1.82, 2.24) is 9.55 Å². The van der Waals surface area contributed by atoms with E-state index in [4.69, 9.17) is 5.73 Å². The molecule has 2 aromatic rings. The third-order valence-electron chi connectivity index (χ3n) is 3.37. The SMILES string of the molecule is CCn1c(CCC(C)CN)nc2ccc(F)cc21. The Morgan fingerprint density at radius 1 is 1.44 bits per heavy atom. The van der Waals surface area contributed by atoms with Crippen LogP contribution in [0.2, 0.25) is 0 Å². The summed E-state index contributed by atoms with van der Waals surface area (Å²) in [5.74, 6) is 1.31. The van der Waals surface area contributed by atoms with Crippen molar-refractivity contribution in [2.75, 3.05) is 6.54 Å². The van der Waals surface area contributed by atoms with E-state index in [1.54, 1.807) is 12.1 Å². The molecule has 0 bridgehead atoms. The van der Waals surface area contributed by atoms with Crippen molar-refractivity contribution in [3.8, 4) is 0 Å². The summed E-state index contributed by atoms with van der Waals surface area (Å²) in [5, 5.41) is 0. The van der Waals surface area contributed by atoms with Crippen molar-refractivity contribution >= 4 is 11.0 Å². The molecule has 0 saturated heterocycles. The van der Waals surface area contributed by atoms with Gasteiger partial charge >= 0.3 is 0 Å². The molecule has 98 valence electrons. The summed E-state index contributed by atoms with van der Waals surface area (Å²) in [4.78, 5) is 4.59. The zero-order valence-corrected chi connectivity index (χ0v) is 11.0. The molecule has 3 nitrogen and oxygen atoms in total. The highest BCUT2D eigenvalue weighted by molar-refractivity contribution is 5.76. The molecule has 4 heteroatoms. The fourth-order valence-corrected chi connectivity index (χ4v) is 2.18. The molecule has 1 unspecified atom stereocenters. The lowest BCUT2D eigenvalue weighted by Crippen LogP contribution is -2.12. The van der Waals surface area contributed by atoms with Crippen LogP contribution in [0.15, 0.2) is 18.2 Å². The molecule has 2 N–H and O–H groups in total. The minimum absolute atomic E-state index is 0.209. The molecule has 0 aliphatic carbocycles. The van der Waals surface area contributed by atoms with Gasteiger partial charge in [0.1, 0.15) is 11.6 Å². The van der Waals surface area contributed by atoms with Gasteiger partial charge in [0.05, 0.1) is 11.0 Å². The number of rotatable bonds is 5. The molecule has 0 saturated carbocycles. The van der Waals surface area contributed by atoms with E-state index in [9.17, 15) is 4.39 Å². The maximum absolute atomic E-state index is 13.3. The molecule has 1 heterocycles. The predicted molar refractivity (Wildman–Crippen MR) is 71.9 cm³/mol. The van der Waals surface area contributed by atoms with Crippen LogP contribution >= 0.6 is 0 Å². The molecule has 0 radical (unpaired) electrons. The summed E-state index contributed by atoms with van der Waals surface area (Å²) >= 11 is 0. The van der Waals surface area contributed by atoms with E-state index >= 15 is 0 Å². The van der Waals surface area contributed by atoms with E-state index in [-0.39, 0.29) is 5.82 Å². The highest BCUT2D eigenvalue weighted by Gasteiger charge is 2.11. The smallest absolute Gasteiger partial charge is 0.125 e. The van der Waals surface area contributed by atoms with Gasteiger partial charge in [-0.2, -0.15) is 0 Å². The Morgan fingerprint density at radius 2 is 2.22 bits per heavy atom. The molecule has 1 aromatic heterocycles. The van der Waals surface area contributed by atoms with Crippen LogP contribution in [-0.4, -0.2) is 16.1 Å². The first-order valence-corrected chi connectivity index (χ1v) is 6.50. The van der Waals surface area contributed by atoms with Crippen molar-refractivity contribution in [3.63, 3.8) is 0 Å². The highest BCUT2D eigenvalue weighted by atomic mass is 19.1. The second kappa shape index (κ2) is 5.48. The molecule has 0 fully saturated rings. The Hall–Kier alpha value is -1.42. The summed E-state index contributed by atoms with van der Waals surface area (Å²) in [6, 6.07) is 4.76. The van der Waals surface area contributed by atoms with E-state index in [0.29, 0.717) is 12.5 Å². The summed E-state index contributed by atoms with van der Waals surface area (Å²) < 4.78 is 15.4. The number of fused-ring (bicyclic) bond motifs is 1. The molecular weight excluding hydrogens is 229 g/mol. The summed E-state index contributed by atoms with van der Waals surface area (Å²) in [6.07, 6.45) is 1.91. The molecule has 2 rings (SSSR count). The van der Waals surface area contributed by atoms with Gasteiger partial charge in [0.25, 0.3) is 0 Å². The molecule has 0 spiro atoms. The number of hydrogen-bond donors (Lipinski definition) is 1. The van der Waals surface area contributed by atoms with Crippen LogP contribution in [0, 0.1) is 11.7 Å². The number of nitrogens with zero attached hydrogens (tertiary/aromatic N) is 2. The quantitative estimate of drug-likeness (QED) is 0.885. The van der Waals surface area contributed by atoms with Gasteiger partial charge in [0.15, 0.2) is 0 Å². The topological polar surface area (TPSA) is 43.8 Å². The Bertz CT molecular complexity index is 533. The number of halogens is 1. The van der Waals surface area contributed by atoms with Crippen molar-refractivity contribution in [1.29, 1.82) is 0 Å². The normalized spacial score (nSPS) is 13.1. The van der Waals surface area contributed by atoms with Gasteiger partial charge in [-0.3, -0.25) is 0 Å². The zero-order chi connectivity index (χ0) is 13.1. The third-order valence-corrected chi connectivity index (χ3v) is 3.37. The molecule has 18 heavy (non-hydrogen) atoms. The number of aryl methyl sites for hydroxylation is 2. The standard InChI is InChI=1S/C14H20FN3/c1-3-18-13-8-11(15)5-6-12(13)17-14(18)7-4-10(2)9-16/h5-6,8,10H,3-4,7,9,16H2,1-2H3. The van der Waals surface area contributed by atoms with E-state index in [1.807, 2.05) is 0 Å². The van der Waals surface area contributed by atoms with Crippen molar-refractivity contribution in [3.05, 3.63) is 29.8 Å². The van der Waals surface area contributed by atoms with E-state index in [1.165, 1.54) is 6.07 Å². The molecule has 0 aliphatic heterocycles. The first-order valence-electron chi connectivity index (χ1n) is 6.50. The minimum Gasteiger partial charge on any atom is -0.330 e. The number of benzene rings is 1. The van der Waals surface area contributed by atoms with Crippen molar-refractivity contribution in [2.24, 2.45) is 11.7 Å². The van der Waals surface area contributed by atoms with Gasteiger partial charge < -0.3 is 10.3 Å². The average molecular weight is 249 g/mol. The summed E-state index contributed by atoms with van der Waals surface area (Å²) in [6.45, 7) is 5.70. The van der Waals surface area contributed by atoms with E-state index < -0.39 is 0 Å². The largest absolute Gasteiger partial charge is 0.330 e. The fourth-order valence-electron chi connectivity index (χ4n) is 2.18. The number of aromatic nitrogens is 2. The van der Waals surface area contributed by atoms with Gasteiger partial charge in [-0.25, -0.2) is 9.37 Å². The predicted octanol–water partition coefficient (Wildman–Crippen LogP) is 2.72. The number of hydrogen-bond acceptors (Lipinski definition) is 2. The highest BCUT2D eigenvalue weighted by Crippen LogP contribution is 2.19. The molecule has 1 aromatic carbocycles. The summed E-state index contributed by atoms with van der Waals surface area (Å²) in [7, 11) is 0. The van der Waals surface area contributed by atoms with Crippen LogP contribution < -0.4 is 5.73 Å². The lowest BCUT2D eigenvalue weighted by Gasteiger charge is -2.09. The maximum Gasteiger partial charge on any atom is 0.125 e. The first-order chi connectivity index (χ1) is 8.65. The van der Waals surface area contributed by atoms with Crippen molar-refractivity contribution < 1.29 is 4.39 Å². The lowest BCUT2D eigenvalue weighted by atomic mass is 10.1. The Balaban J connectivity index is 2.32. The monoisotopic (exact) mass is 249 g/mol. The third kappa shape index (κ3) is 2.53. The molecule has 0 aliphatic rings. The van der Waals surface area contributed by atoms with E-state index in [2.05, 4.69) is 23.4 Å².